The van der Waals surface area contributed by atoms with Crippen LogP contribution in [0.25, 0.3) is 11.1 Å². The van der Waals surface area contributed by atoms with Gasteiger partial charge in [0.15, 0.2) is 12.0 Å². The molecule has 0 aliphatic carbocycles. The fourth-order valence-electron chi connectivity index (χ4n) is 1.69. The van der Waals surface area contributed by atoms with Crippen LogP contribution < -0.4 is 5.32 Å². The summed E-state index contributed by atoms with van der Waals surface area (Å²) >= 11 is 0. The molecule has 1 amide bonds. The zero-order chi connectivity index (χ0) is 13.0. The molecule has 0 spiro atoms. The number of hydrogen-bond acceptors (Lipinski definition) is 4. The minimum atomic E-state index is -0.233. The molecule has 0 fully saturated rings. The lowest BCUT2D eigenvalue weighted by atomic mass is 10.1. The van der Waals surface area contributed by atoms with Crippen molar-refractivity contribution >= 4 is 22.8 Å². The van der Waals surface area contributed by atoms with Crippen LogP contribution in [0, 0.1) is 0 Å². The predicted molar refractivity (Wildman–Crippen MR) is 66.0 cm³/mol. The van der Waals surface area contributed by atoms with Crippen molar-refractivity contribution < 1.29 is 14.0 Å². The first-order valence-corrected chi connectivity index (χ1v) is 5.73. The van der Waals surface area contributed by atoms with Crippen molar-refractivity contribution in [2.75, 3.05) is 6.54 Å². The summed E-state index contributed by atoms with van der Waals surface area (Å²) in [5, 5.41) is 2.70. The molecule has 1 aromatic carbocycles. The first-order chi connectivity index (χ1) is 8.65. The first-order valence-electron chi connectivity index (χ1n) is 5.73. The molecule has 1 heterocycles. The maximum absolute atomic E-state index is 11.3. The lowest BCUT2D eigenvalue weighted by Gasteiger charge is -2.03. The summed E-state index contributed by atoms with van der Waals surface area (Å²) < 4.78 is 5.20. The van der Waals surface area contributed by atoms with Gasteiger partial charge in [-0.05, 0) is 31.0 Å². The molecule has 0 radical (unpaired) electrons. The molecule has 2 aromatic rings. The van der Waals surface area contributed by atoms with Crippen LogP contribution in [-0.4, -0.2) is 23.2 Å². The SMILES string of the molecule is CC(=O)CC(=O)NCCc1ccc2ncoc2c1. The van der Waals surface area contributed by atoms with E-state index in [0.29, 0.717) is 13.0 Å². The predicted octanol–water partition coefficient (Wildman–Crippen LogP) is 1.47. The van der Waals surface area contributed by atoms with Gasteiger partial charge in [0.05, 0.1) is 6.42 Å². The summed E-state index contributed by atoms with van der Waals surface area (Å²) in [4.78, 5) is 26.0. The molecule has 0 atom stereocenters. The van der Waals surface area contributed by atoms with E-state index in [1.54, 1.807) is 0 Å². The molecule has 0 saturated carbocycles. The topological polar surface area (TPSA) is 72.2 Å². The van der Waals surface area contributed by atoms with E-state index in [0.717, 1.165) is 16.7 Å². The molecule has 5 nitrogen and oxygen atoms in total. The average molecular weight is 246 g/mol. The van der Waals surface area contributed by atoms with Crippen LogP contribution in [0.3, 0.4) is 0 Å². The van der Waals surface area contributed by atoms with Crippen LogP contribution in [0.15, 0.2) is 29.0 Å². The Hall–Kier alpha value is -2.17. The lowest BCUT2D eigenvalue weighted by molar-refractivity contribution is -0.127. The van der Waals surface area contributed by atoms with Crippen molar-refractivity contribution in [2.24, 2.45) is 0 Å². The van der Waals surface area contributed by atoms with Crippen LogP contribution >= 0.6 is 0 Å². The minimum Gasteiger partial charge on any atom is -0.443 e. The summed E-state index contributed by atoms with van der Waals surface area (Å²) in [6.45, 7) is 1.91. The van der Waals surface area contributed by atoms with E-state index >= 15 is 0 Å². The molecule has 2 rings (SSSR count). The highest BCUT2D eigenvalue weighted by Crippen LogP contribution is 2.14. The molecule has 0 saturated heterocycles. The number of benzene rings is 1. The van der Waals surface area contributed by atoms with E-state index in [2.05, 4.69) is 10.3 Å². The van der Waals surface area contributed by atoms with Crippen LogP contribution in [-0.2, 0) is 16.0 Å². The Bertz CT molecular complexity index is 574. The number of rotatable bonds is 5. The van der Waals surface area contributed by atoms with Gasteiger partial charge in [0.1, 0.15) is 11.3 Å². The van der Waals surface area contributed by atoms with Gasteiger partial charge in [0, 0.05) is 6.54 Å². The van der Waals surface area contributed by atoms with Crippen molar-refractivity contribution in [3.63, 3.8) is 0 Å². The molecule has 0 bridgehead atoms. The molecule has 94 valence electrons. The van der Waals surface area contributed by atoms with Crippen LogP contribution in [0.1, 0.15) is 18.9 Å². The van der Waals surface area contributed by atoms with Crippen LogP contribution in [0.2, 0.25) is 0 Å². The Balaban J connectivity index is 1.86. The number of amides is 1. The number of Topliss-reactive ketones (excluding diaryl/α,β-unsaturated/α-hetero) is 1. The Labute approximate surface area is 104 Å². The molecule has 0 unspecified atom stereocenters. The molecule has 1 aromatic heterocycles. The molecule has 0 aliphatic rings. The normalized spacial score (nSPS) is 10.5. The van der Waals surface area contributed by atoms with Gasteiger partial charge in [-0.15, -0.1) is 0 Å². The number of ketones is 1. The van der Waals surface area contributed by atoms with Crippen molar-refractivity contribution in [2.45, 2.75) is 19.8 Å². The van der Waals surface area contributed by atoms with Crippen molar-refractivity contribution in [1.82, 2.24) is 10.3 Å². The Kier molecular flexibility index (Phi) is 3.72. The molecule has 18 heavy (non-hydrogen) atoms. The number of carbonyl (C=O) groups excluding carboxylic acids is 2. The van der Waals surface area contributed by atoms with Crippen molar-refractivity contribution in [3.05, 3.63) is 30.2 Å². The van der Waals surface area contributed by atoms with Gasteiger partial charge in [-0.3, -0.25) is 9.59 Å². The molecule has 0 aliphatic heterocycles. The van der Waals surface area contributed by atoms with E-state index < -0.39 is 0 Å². The summed E-state index contributed by atoms with van der Waals surface area (Å²) in [5.41, 5.74) is 2.62. The van der Waals surface area contributed by atoms with Gasteiger partial charge in [0.25, 0.3) is 0 Å². The molecular weight excluding hydrogens is 232 g/mol. The van der Waals surface area contributed by atoms with Gasteiger partial charge >= 0.3 is 0 Å². The largest absolute Gasteiger partial charge is 0.443 e. The monoisotopic (exact) mass is 246 g/mol. The maximum atomic E-state index is 11.3. The quantitative estimate of drug-likeness (QED) is 0.811. The van der Waals surface area contributed by atoms with Crippen LogP contribution in [0.5, 0.6) is 0 Å². The van der Waals surface area contributed by atoms with E-state index in [-0.39, 0.29) is 18.1 Å². The molecule has 1 N–H and O–H groups in total. The number of fused-ring (bicyclic) bond motifs is 1. The minimum absolute atomic E-state index is 0.0544. The Morgan fingerprint density at radius 3 is 3.00 bits per heavy atom. The Morgan fingerprint density at radius 2 is 2.22 bits per heavy atom. The molecule has 5 heteroatoms. The van der Waals surface area contributed by atoms with E-state index in [9.17, 15) is 9.59 Å². The number of aromatic nitrogens is 1. The summed E-state index contributed by atoms with van der Waals surface area (Å²) in [7, 11) is 0. The van der Waals surface area contributed by atoms with Gasteiger partial charge in [-0.25, -0.2) is 4.98 Å². The highest BCUT2D eigenvalue weighted by molar-refractivity contribution is 5.96. The van der Waals surface area contributed by atoms with Crippen molar-refractivity contribution in [3.8, 4) is 0 Å². The van der Waals surface area contributed by atoms with Crippen molar-refractivity contribution in [1.29, 1.82) is 0 Å². The zero-order valence-corrected chi connectivity index (χ0v) is 10.1. The number of nitrogens with one attached hydrogen (secondary N) is 1. The van der Waals surface area contributed by atoms with Gasteiger partial charge in [0.2, 0.25) is 5.91 Å². The number of nitrogens with zero attached hydrogens (tertiary/aromatic N) is 1. The van der Waals surface area contributed by atoms with E-state index in [1.165, 1.54) is 13.3 Å². The van der Waals surface area contributed by atoms with Gasteiger partial charge < -0.3 is 9.73 Å². The third-order valence-corrected chi connectivity index (χ3v) is 2.54. The second kappa shape index (κ2) is 5.44. The van der Waals surface area contributed by atoms with Gasteiger partial charge in [-0.2, -0.15) is 0 Å². The van der Waals surface area contributed by atoms with Gasteiger partial charge in [-0.1, -0.05) is 6.07 Å². The summed E-state index contributed by atoms with van der Waals surface area (Å²) in [5.74, 6) is -0.362. The van der Waals surface area contributed by atoms with E-state index in [1.807, 2.05) is 18.2 Å². The third kappa shape index (κ3) is 3.16. The van der Waals surface area contributed by atoms with Crippen LogP contribution in [0.4, 0.5) is 0 Å². The smallest absolute Gasteiger partial charge is 0.227 e. The fraction of sp³-hybridized carbons (Fsp3) is 0.308. The second-order valence-corrected chi connectivity index (χ2v) is 4.13. The Morgan fingerprint density at radius 1 is 1.39 bits per heavy atom. The summed E-state index contributed by atoms with van der Waals surface area (Å²) in [6, 6.07) is 5.73. The first kappa shape index (κ1) is 12.3. The number of oxazole rings is 1. The number of carbonyl (C=O) groups is 2. The second-order valence-electron chi connectivity index (χ2n) is 4.13. The highest BCUT2D eigenvalue weighted by Gasteiger charge is 2.04. The van der Waals surface area contributed by atoms with E-state index in [4.69, 9.17) is 4.42 Å². The maximum Gasteiger partial charge on any atom is 0.227 e. The third-order valence-electron chi connectivity index (χ3n) is 2.54. The zero-order valence-electron chi connectivity index (χ0n) is 10.1. The molecular formula is C13H14N2O3. The average Bonchev–Trinajstić information content (AvgIpc) is 2.75. The fourth-order valence-corrected chi connectivity index (χ4v) is 1.69. The lowest BCUT2D eigenvalue weighted by Crippen LogP contribution is -2.27. The number of hydrogen-bond donors (Lipinski definition) is 1. The summed E-state index contributed by atoms with van der Waals surface area (Å²) in [6.07, 6.45) is 2.05. The highest BCUT2D eigenvalue weighted by atomic mass is 16.3. The standard InChI is InChI=1S/C13H14N2O3/c1-9(16)6-13(17)14-5-4-10-2-3-11-12(7-10)18-8-15-11/h2-3,7-8H,4-6H2,1H3,(H,14,17).